The summed E-state index contributed by atoms with van der Waals surface area (Å²) in [6, 6.07) is 3.63. The van der Waals surface area contributed by atoms with Gasteiger partial charge in [0.25, 0.3) is 0 Å². The van der Waals surface area contributed by atoms with Gasteiger partial charge in [-0.2, -0.15) is 0 Å². The van der Waals surface area contributed by atoms with Crippen LogP contribution < -0.4 is 10.0 Å². The molecule has 4 nitrogen and oxygen atoms in total. The molecule has 17 heavy (non-hydrogen) atoms. The van der Waals surface area contributed by atoms with Gasteiger partial charge in [-0.15, -0.1) is 11.3 Å². The molecule has 1 aromatic heterocycles. The highest BCUT2D eigenvalue weighted by molar-refractivity contribution is 9.11. The van der Waals surface area contributed by atoms with Crippen molar-refractivity contribution in [2.24, 2.45) is 0 Å². The van der Waals surface area contributed by atoms with E-state index >= 15 is 0 Å². The Bertz CT molecular complexity index is 466. The molecule has 1 aromatic rings. The average Bonchev–Trinajstić information content (AvgIpc) is 2.76. The van der Waals surface area contributed by atoms with Gasteiger partial charge in [-0.1, -0.05) is 6.42 Å². The van der Waals surface area contributed by atoms with E-state index in [2.05, 4.69) is 26.0 Å². The molecule has 0 saturated carbocycles. The lowest BCUT2D eigenvalue weighted by Crippen LogP contribution is -2.43. The summed E-state index contributed by atoms with van der Waals surface area (Å²) in [6.07, 6.45) is 3.39. The van der Waals surface area contributed by atoms with E-state index in [4.69, 9.17) is 0 Å². The molecule has 1 aliphatic heterocycles. The third kappa shape index (κ3) is 3.75. The predicted molar refractivity (Wildman–Crippen MR) is 72.8 cm³/mol. The van der Waals surface area contributed by atoms with Crippen LogP contribution in [0.15, 0.2) is 20.1 Å². The Morgan fingerprint density at radius 2 is 2.29 bits per heavy atom. The molecule has 0 aliphatic carbocycles. The van der Waals surface area contributed by atoms with E-state index in [1.165, 1.54) is 24.2 Å². The van der Waals surface area contributed by atoms with Crippen LogP contribution in [-0.4, -0.2) is 27.5 Å². The van der Waals surface area contributed by atoms with Crippen LogP contribution in [0.4, 0.5) is 0 Å². The van der Waals surface area contributed by atoms with Gasteiger partial charge in [-0.05, 0) is 47.4 Å². The van der Waals surface area contributed by atoms with E-state index < -0.39 is 10.0 Å². The summed E-state index contributed by atoms with van der Waals surface area (Å²) in [5.41, 5.74) is 0. The summed E-state index contributed by atoms with van der Waals surface area (Å²) >= 11 is 4.49. The maximum Gasteiger partial charge on any atom is 0.250 e. The van der Waals surface area contributed by atoms with Crippen LogP contribution in [-0.2, 0) is 10.0 Å². The number of hydrogen-bond acceptors (Lipinski definition) is 4. The molecule has 0 radical (unpaired) electrons. The number of nitrogens with one attached hydrogen (secondary N) is 2. The van der Waals surface area contributed by atoms with Gasteiger partial charge in [0, 0.05) is 12.6 Å². The van der Waals surface area contributed by atoms with Crippen LogP contribution in [0.2, 0.25) is 0 Å². The van der Waals surface area contributed by atoms with E-state index in [0.717, 1.165) is 16.8 Å². The topological polar surface area (TPSA) is 58.2 Å². The number of rotatable bonds is 4. The second-order valence-electron chi connectivity index (χ2n) is 4.06. The Hall–Kier alpha value is 0.0500. The lowest BCUT2D eigenvalue weighted by atomic mass is 10.1. The smallest absolute Gasteiger partial charge is 0.250 e. The van der Waals surface area contributed by atoms with Gasteiger partial charge in [0.2, 0.25) is 10.0 Å². The Kier molecular flexibility index (Phi) is 4.59. The quantitative estimate of drug-likeness (QED) is 0.881. The van der Waals surface area contributed by atoms with Gasteiger partial charge in [-0.3, -0.25) is 0 Å². The maximum atomic E-state index is 11.9. The lowest BCUT2D eigenvalue weighted by Gasteiger charge is -2.23. The van der Waals surface area contributed by atoms with Crippen LogP contribution in [0.3, 0.4) is 0 Å². The van der Waals surface area contributed by atoms with Gasteiger partial charge in [0.05, 0.1) is 3.79 Å². The molecule has 0 spiro atoms. The fourth-order valence-electron chi connectivity index (χ4n) is 1.82. The number of thiophene rings is 1. The second kappa shape index (κ2) is 5.79. The van der Waals surface area contributed by atoms with Gasteiger partial charge < -0.3 is 5.32 Å². The Morgan fingerprint density at radius 1 is 1.47 bits per heavy atom. The minimum atomic E-state index is -3.34. The number of sulfonamides is 1. The van der Waals surface area contributed by atoms with E-state index in [9.17, 15) is 8.42 Å². The highest BCUT2D eigenvalue weighted by Crippen LogP contribution is 2.25. The lowest BCUT2D eigenvalue weighted by molar-refractivity contribution is 0.398. The van der Waals surface area contributed by atoms with Gasteiger partial charge in [0.1, 0.15) is 4.21 Å². The monoisotopic (exact) mass is 338 g/mol. The van der Waals surface area contributed by atoms with E-state index in [1.54, 1.807) is 12.1 Å². The van der Waals surface area contributed by atoms with Crippen molar-refractivity contribution < 1.29 is 8.42 Å². The van der Waals surface area contributed by atoms with Crippen molar-refractivity contribution in [3.63, 3.8) is 0 Å². The average molecular weight is 339 g/mol. The number of piperidine rings is 1. The van der Waals surface area contributed by atoms with Crippen LogP contribution in [0.25, 0.3) is 0 Å². The highest BCUT2D eigenvalue weighted by Gasteiger charge is 2.19. The highest BCUT2D eigenvalue weighted by atomic mass is 79.9. The predicted octanol–water partition coefficient (Wildman–Crippen LogP) is 1.93. The number of hydrogen-bond donors (Lipinski definition) is 2. The van der Waals surface area contributed by atoms with Crippen LogP contribution >= 0.6 is 27.3 Å². The Balaban J connectivity index is 1.93. The van der Waals surface area contributed by atoms with Crippen molar-refractivity contribution in [2.75, 3.05) is 13.1 Å². The minimum Gasteiger partial charge on any atom is -0.313 e. The van der Waals surface area contributed by atoms with E-state index in [0.29, 0.717) is 10.8 Å². The first-order valence-corrected chi connectivity index (χ1v) is 8.65. The summed E-state index contributed by atoms with van der Waals surface area (Å²) in [5.74, 6) is 0. The molecule has 1 fully saturated rings. The minimum absolute atomic E-state index is 0.266. The molecule has 0 amide bonds. The third-order valence-electron chi connectivity index (χ3n) is 2.75. The zero-order chi connectivity index (χ0) is 12.3. The molecule has 1 saturated heterocycles. The summed E-state index contributed by atoms with van der Waals surface area (Å²) in [6.45, 7) is 1.45. The van der Waals surface area contributed by atoms with Crippen molar-refractivity contribution in [1.82, 2.24) is 10.0 Å². The van der Waals surface area contributed by atoms with Gasteiger partial charge in [0.15, 0.2) is 0 Å². The fourth-order valence-corrected chi connectivity index (χ4v) is 4.96. The second-order valence-corrected chi connectivity index (χ2v) is 8.51. The van der Waals surface area contributed by atoms with Crippen LogP contribution in [0.5, 0.6) is 0 Å². The molecule has 1 aliphatic rings. The third-order valence-corrected chi connectivity index (χ3v) is 6.28. The summed E-state index contributed by atoms with van der Waals surface area (Å²) in [4.78, 5) is 0. The van der Waals surface area contributed by atoms with Crippen molar-refractivity contribution in [2.45, 2.75) is 29.5 Å². The molecule has 2 rings (SSSR count). The molecule has 1 atom stereocenters. The Morgan fingerprint density at radius 3 is 2.88 bits per heavy atom. The molecular weight excluding hydrogens is 324 g/mol. The van der Waals surface area contributed by atoms with E-state index in [1.807, 2.05) is 0 Å². The molecule has 0 aromatic carbocycles. The molecular formula is C10H15BrN2O2S2. The van der Waals surface area contributed by atoms with Crippen molar-refractivity contribution in [3.05, 3.63) is 15.9 Å². The molecule has 0 bridgehead atoms. The normalized spacial score (nSPS) is 21.6. The molecule has 2 heterocycles. The Labute approximate surface area is 114 Å². The zero-order valence-corrected chi connectivity index (χ0v) is 12.5. The zero-order valence-electron chi connectivity index (χ0n) is 9.28. The van der Waals surface area contributed by atoms with Gasteiger partial charge in [-0.25, -0.2) is 13.1 Å². The van der Waals surface area contributed by atoms with E-state index in [-0.39, 0.29) is 6.04 Å². The van der Waals surface area contributed by atoms with Crippen molar-refractivity contribution in [3.8, 4) is 0 Å². The molecule has 7 heteroatoms. The molecule has 1 unspecified atom stereocenters. The summed E-state index contributed by atoms with van der Waals surface area (Å²) in [5, 5.41) is 3.32. The fraction of sp³-hybridized carbons (Fsp3) is 0.600. The maximum absolute atomic E-state index is 11.9. The first kappa shape index (κ1) is 13.5. The summed E-state index contributed by atoms with van der Waals surface area (Å²) in [7, 11) is -3.34. The van der Waals surface area contributed by atoms with Gasteiger partial charge >= 0.3 is 0 Å². The van der Waals surface area contributed by atoms with Crippen molar-refractivity contribution >= 4 is 37.3 Å². The molecule has 96 valence electrons. The molecule has 2 N–H and O–H groups in total. The van der Waals surface area contributed by atoms with Crippen LogP contribution in [0.1, 0.15) is 19.3 Å². The largest absolute Gasteiger partial charge is 0.313 e. The first-order chi connectivity index (χ1) is 8.08. The number of halogens is 1. The van der Waals surface area contributed by atoms with Crippen molar-refractivity contribution in [1.29, 1.82) is 0 Å². The SMILES string of the molecule is O=S(=O)(NCC1CCCCN1)c1ccc(Br)s1. The first-order valence-electron chi connectivity index (χ1n) is 5.56. The standard InChI is InChI=1S/C10H15BrN2O2S2/c11-9-4-5-10(16-9)17(14,15)13-7-8-3-1-2-6-12-8/h4-5,8,12-13H,1-3,6-7H2. The summed E-state index contributed by atoms with van der Waals surface area (Å²) < 4.78 is 27.7. The van der Waals surface area contributed by atoms with Crippen LogP contribution in [0, 0.1) is 0 Å².